The van der Waals surface area contributed by atoms with Crippen molar-refractivity contribution in [2.75, 3.05) is 6.61 Å². The van der Waals surface area contributed by atoms with Crippen LogP contribution >= 0.6 is 0 Å². The second kappa shape index (κ2) is 7.32. The molecule has 1 N–H and O–H groups in total. The van der Waals surface area contributed by atoms with Gasteiger partial charge < -0.3 is 10.1 Å². The number of rotatable bonds is 7. The topological polar surface area (TPSA) is 38.3 Å². The number of nitrogens with one attached hydrogen (secondary N) is 1. The Bertz CT molecular complexity index is 621. The average molecular weight is 309 g/mol. The number of carbonyl (C=O) groups is 1. The molecular formula is C20H23NO2. The molecule has 3 nitrogen and oxygen atoms in total. The molecule has 0 unspecified atom stereocenters. The van der Waals surface area contributed by atoms with Gasteiger partial charge in [-0.15, -0.1) is 0 Å². The molecule has 0 heterocycles. The molecule has 0 aromatic heterocycles. The lowest BCUT2D eigenvalue weighted by Gasteiger charge is -2.43. The van der Waals surface area contributed by atoms with Crippen LogP contribution in [0.15, 0.2) is 60.7 Å². The number of ether oxygens (including phenoxy) is 1. The van der Waals surface area contributed by atoms with E-state index in [4.69, 9.17) is 4.74 Å². The highest BCUT2D eigenvalue weighted by molar-refractivity contribution is 5.77. The van der Waals surface area contributed by atoms with Crippen LogP contribution in [0, 0.1) is 0 Å². The highest BCUT2D eigenvalue weighted by Gasteiger charge is 2.39. The molecule has 2 aromatic rings. The smallest absolute Gasteiger partial charge is 0.220 e. The standard InChI is InChI=1S/C20H23NO2/c22-19(13-7-16-23-18-11-5-2-6-12-18)21-20(14-8-15-20)17-9-3-1-4-10-17/h1-6,9-12H,7-8,13-16H2,(H,21,22). The third-order valence-corrected chi connectivity index (χ3v) is 4.47. The zero-order valence-electron chi connectivity index (χ0n) is 13.3. The van der Waals surface area contributed by atoms with Crippen LogP contribution in [0.3, 0.4) is 0 Å². The summed E-state index contributed by atoms with van der Waals surface area (Å²) < 4.78 is 5.63. The molecule has 1 aliphatic rings. The van der Waals surface area contributed by atoms with Gasteiger partial charge in [0.05, 0.1) is 12.1 Å². The summed E-state index contributed by atoms with van der Waals surface area (Å²) in [5.41, 5.74) is 1.08. The van der Waals surface area contributed by atoms with E-state index in [0.717, 1.165) is 25.0 Å². The lowest BCUT2D eigenvalue weighted by Crippen LogP contribution is -2.50. The number of benzene rings is 2. The van der Waals surface area contributed by atoms with Gasteiger partial charge in [0.25, 0.3) is 0 Å². The van der Waals surface area contributed by atoms with Gasteiger partial charge in [0, 0.05) is 6.42 Å². The second-order valence-electron chi connectivity index (χ2n) is 6.11. The van der Waals surface area contributed by atoms with Gasteiger partial charge in [0.2, 0.25) is 5.91 Å². The van der Waals surface area contributed by atoms with E-state index in [1.165, 1.54) is 12.0 Å². The SMILES string of the molecule is O=C(CCCOc1ccccc1)NC1(c2ccccc2)CCC1. The molecule has 1 aliphatic carbocycles. The fraction of sp³-hybridized carbons (Fsp3) is 0.350. The maximum Gasteiger partial charge on any atom is 0.220 e. The summed E-state index contributed by atoms with van der Waals surface area (Å²) in [6.45, 7) is 0.565. The van der Waals surface area contributed by atoms with Crippen molar-refractivity contribution in [3.8, 4) is 5.75 Å². The first-order valence-electron chi connectivity index (χ1n) is 8.33. The lowest BCUT2D eigenvalue weighted by atomic mass is 9.71. The van der Waals surface area contributed by atoms with E-state index < -0.39 is 0 Å². The summed E-state index contributed by atoms with van der Waals surface area (Å²) in [4.78, 5) is 12.3. The fourth-order valence-electron chi connectivity index (χ4n) is 3.04. The monoisotopic (exact) mass is 309 g/mol. The average Bonchev–Trinajstić information content (AvgIpc) is 2.57. The molecule has 0 spiro atoms. The molecule has 1 amide bonds. The Kier molecular flexibility index (Phi) is 4.96. The summed E-state index contributed by atoms with van der Waals surface area (Å²) in [6.07, 6.45) is 4.46. The van der Waals surface area contributed by atoms with Crippen LogP contribution in [0.5, 0.6) is 5.75 Å². The van der Waals surface area contributed by atoms with Gasteiger partial charge in [-0.3, -0.25) is 4.79 Å². The van der Waals surface area contributed by atoms with Gasteiger partial charge in [0.1, 0.15) is 5.75 Å². The Labute approximate surface area is 137 Å². The number of hydrogen-bond acceptors (Lipinski definition) is 2. The first-order valence-corrected chi connectivity index (χ1v) is 8.33. The number of carbonyl (C=O) groups excluding carboxylic acids is 1. The number of hydrogen-bond donors (Lipinski definition) is 1. The van der Waals surface area contributed by atoms with Crippen molar-refractivity contribution >= 4 is 5.91 Å². The van der Waals surface area contributed by atoms with E-state index in [0.29, 0.717) is 13.0 Å². The first-order chi connectivity index (χ1) is 11.3. The van der Waals surface area contributed by atoms with Crippen LogP contribution in [0.2, 0.25) is 0 Å². The third kappa shape index (κ3) is 3.92. The maximum atomic E-state index is 12.3. The minimum Gasteiger partial charge on any atom is -0.494 e. The Morgan fingerprint density at radius 3 is 2.26 bits per heavy atom. The summed E-state index contributed by atoms with van der Waals surface area (Å²) in [6, 6.07) is 20.0. The zero-order valence-corrected chi connectivity index (χ0v) is 13.3. The second-order valence-corrected chi connectivity index (χ2v) is 6.11. The molecule has 23 heavy (non-hydrogen) atoms. The van der Waals surface area contributed by atoms with Crippen LogP contribution < -0.4 is 10.1 Å². The molecule has 0 atom stereocenters. The molecule has 0 radical (unpaired) electrons. The van der Waals surface area contributed by atoms with E-state index >= 15 is 0 Å². The molecule has 3 heteroatoms. The van der Waals surface area contributed by atoms with Crippen molar-refractivity contribution in [3.05, 3.63) is 66.2 Å². The summed E-state index contributed by atoms with van der Waals surface area (Å²) in [5, 5.41) is 3.25. The normalized spacial score (nSPS) is 15.5. The Balaban J connectivity index is 1.45. The van der Waals surface area contributed by atoms with Crippen LogP contribution in [0.1, 0.15) is 37.7 Å². The highest BCUT2D eigenvalue weighted by atomic mass is 16.5. The molecule has 0 saturated heterocycles. The van der Waals surface area contributed by atoms with Gasteiger partial charge >= 0.3 is 0 Å². The summed E-state index contributed by atoms with van der Waals surface area (Å²) >= 11 is 0. The lowest BCUT2D eigenvalue weighted by molar-refractivity contribution is -0.124. The molecular weight excluding hydrogens is 286 g/mol. The predicted molar refractivity (Wildman–Crippen MR) is 91.3 cm³/mol. The van der Waals surface area contributed by atoms with Gasteiger partial charge in [-0.25, -0.2) is 0 Å². The molecule has 3 rings (SSSR count). The highest BCUT2D eigenvalue weighted by Crippen LogP contribution is 2.41. The Morgan fingerprint density at radius 2 is 1.65 bits per heavy atom. The van der Waals surface area contributed by atoms with Gasteiger partial charge in [-0.1, -0.05) is 48.5 Å². The van der Waals surface area contributed by atoms with E-state index in [1.54, 1.807) is 0 Å². The van der Waals surface area contributed by atoms with Gasteiger partial charge in [-0.05, 0) is 43.4 Å². The molecule has 2 aromatic carbocycles. The minimum atomic E-state index is -0.140. The van der Waals surface area contributed by atoms with E-state index in [1.807, 2.05) is 48.5 Å². The number of amides is 1. The van der Waals surface area contributed by atoms with Crippen molar-refractivity contribution in [1.29, 1.82) is 0 Å². The van der Waals surface area contributed by atoms with Crippen molar-refractivity contribution < 1.29 is 9.53 Å². The maximum absolute atomic E-state index is 12.3. The van der Waals surface area contributed by atoms with E-state index in [2.05, 4.69) is 17.4 Å². The Hall–Kier alpha value is -2.29. The molecule has 120 valence electrons. The predicted octanol–water partition coefficient (Wildman–Crippen LogP) is 4.04. The largest absolute Gasteiger partial charge is 0.494 e. The third-order valence-electron chi connectivity index (χ3n) is 4.47. The van der Waals surface area contributed by atoms with Crippen LogP contribution in [-0.2, 0) is 10.3 Å². The first kappa shape index (κ1) is 15.6. The van der Waals surface area contributed by atoms with E-state index in [-0.39, 0.29) is 11.4 Å². The quantitative estimate of drug-likeness (QED) is 0.784. The minimum absolute atomic E-state index is 0.116. The summed E-state index contributed by atoms with van der Waals surface area (Å²) in [7, 11) is 0. The fourth-order valence-corrected chi connectivity index (χ4v) is 3.04. The number of para-hydroxylation sites is 1. The summed E-state index contributed by atoms with van der Waals surface area (Å²) in [5.74, 6) is 0.970. The van der Waals surface area contributed by atoms with Gasteiger partial charge in [0.15, 0.2) is 0 Å². The van der Waals surface area contributed by atoms with Crippen LogP contribution in [0.25, 0.3) is 0 Å². The molecule has 1 saturated carbocycles. The van der Waals surface area contributed by atoms with Gasteiger partial charge in [-0.2, -0.15) is 0 Å². The molecule has 1 fully saturated rings. The van der Waals surface area contributed by atoms with E-state index in [9.17, 15) is 4.79 Å². The Morgan fingerprint density at radius 1 is 1.00 bits per heavy atom. The zero-order chi connectivity index (χ0) is 16.0. The molecule has 0 bridgehead atoms. The van der Waals surface area contributed by atoms with Crippen molar-refractivity contribution in [3.63, 3.8) is 0 Å². The van der Waals surface area contributed by atoms with Crippen LogP contribution in [0.4, 0.5) is 0 Å². The van der Waals surface area contributed by atoms with Crippen molar-refractivity contribution in [1.82, 2.24) is 5.32 Å². The van der Waals surface area contributed by atoms with Crippen LogP contribution in [-0.4, -0.2) is 12.5 Å². The van der Waals surface area contributed by atoms with Crippen molar-refractivity contribution in [2.24, 2.45) is 0 Å². The molecule has 0 aliphatic heterocycles. The van der Waals surface area contributed by atoms with Crippen molar-refractivity contribution in [2.45, 2.75) is 37.6 Å².